The van der Waals surface area contributed by atoms with Crippen LogP contribution in [-0.2, 0) is 16.0 Å². The third-order valence-electron chi connectivity index (χ3n) is 3.58. The van der Waals surface area contributed by atoms with Gasteiger partial charge in [-0.25, -0.2) is 4.98 Å². The van der Waals surface area contributed by atoms with Crippen molar-refractivity contribution in [1.82, 2.24) is 15.6 Å². The van der Waals surface area contributed by atoms with E-state index >= 15 is 0 Å². The topological polar surface area (TPSA) is 80.3 Å². The second-order valence-corrected chi connectivity index (χ2v) is 6.93. The first-order valence-electron chi connectivity index (χ1n) is 8.71. The fraction of sp³-hybridized carbons (Fsp3) is 0.421. The molecular formula is C19H25N3O3S. The number of aromatic nitrogens is 1. The molecule has 2 amide bonds. The molecule has 1 heterocycles. The van der Waals surface area contributed by atoms with Gasteiger partial charge < -0.3 is 15.4 Å². The van der Waals surface area contributed by atoms with Gasteiger partial charge in [-0.05, 0) is 31.2 Å². The molecule has 0 spiro atoms. The van der Waals surface area contributed by atoms with Gasteiger partial charge in [0, 0.05) is 30.0 Å². The van der Waals surface area contributed by atoms with Crippen molar-refractivity contribution >= 4 is 23.2 Å². The van der Waals surface area contributed by atoms with Crippen LogP contribution in [0.2, 0.25) is 0 Å². The zero-order chi connectivity index (χ0) is 18.9. The molecular weight excluding hydrogens is 350 g/mol. The molecule has 0 bridgehead atoms. The molecule has 2 aromatic rings. The summed E-state index contributed by atoms with van der Waals surface area (Å²) in [6.45, 7) is 7.09. The van der Waals surface area contributed by atoms with Gasteiger partial charge >= 0.3 is 0 Å². The summed E-state index contributed by atoms with van der Waals surface area (Å²) in [6.07, 6.45) is 0.228. The Kier molecular flexibility index (Phi) is 7.59. The third kappa shape index (κ3) is 6.15. The number of thiazole rings is 1. The molecule has 6 nitrogen and oxygen atoms in total. The summed E-state index contributed by atoms with van der Waals surface area (Å²) in [5, 5.41) is 8.32. The highest BCUT2D eigenvalue weighted by molar-refractivity contribution is 7.13. The maximum atomic E-state index is 12.0. The van der Waals surface area contributed by atoms with Gasteiger partial charge in [-0.15, -0.1) is 11.3 Å². The lowest BCUT2D eigenvalue weighted by Crippen LogP contribution is -2.36. The SMILES string of the molecule is CCOc1ccc(-c2nc(CC(=O)NCCNC(=O)C(C)C)cs2)cc1. The Morgan fingerprint density at radius 1 is 1.15 bits per heavy atom. The van der Waals surface area contributed by atoms with Gasteiger partial charge in [0.05, 0.1) is 18.7 Å². The number of carbonyl (C=O) groups is 2. The number of nitrogens with zero attached hydrogens (tertiary/aromatic N) is 1. The van der Waals surface area contributed by atoms with Gasteiger partial charge in [-0.1, -0.05) is 13.8 Å². The van der Waals surface area contributed by atoms with Gasteiger partial charge in [0.25, 0.3) is 0 Å². The lowest BCUT2D eigenvalue weighted by molar-refractivity contribution is -0.124. The van der Waals surface area contributed by atoms with Gasteiger partial charge in [-0.2, -0.15) is 0 Å². The number of amides is 2. The zero-order valence-corrected chi connectivity index (χ0v) is 16.2. The number of hydrogen-bond acceptors (Lipinski definition) is 5. The number of benzene rings is 1. The molecule has 26 heavy (non-hydrogen) atoms. The summed E-state index contributed by atoms with van der Waals surface area (Å²) < 4.78 is 5.43. The Labute approximate surface area is 158 Å². The molecule has 0 atom stereocenters. The number of ether oxygens (including phenoxy) is 1. The minimum Gasteiger partial charge on any atom is -0.494 e. The second-order valence-electron chi connectivity index (χ2n) is 6.07. The normalized spacial score (nSPS) is 10.6. The van der Waals surface area contributed by atoms with E-state index in [1.807, 2.05) is 50.4 Å². The zero-order valence-electron chi connectivity index (χ0n) is 15.4. The van der Waals surface area contributed by atoms with Crippen LogP contribution in [0.25, 0.3) is 10.6 Å². The van der Waals surface area contributed by atoms with E-state index in [4.69, 9.17) is 4.74 Å². The summed E-state index contributed by atoms with van der Waals surface area (Å²) in [5.41, 5.74) is 1.74. The lowest BCUT2D eigenvalue weighted by atomic mass is 10.2. The fourth-order valence-corrected chi connectivity index (χ4v) is 3.03. The molecule has 7 heteroatoms. The number of hydrogen-bond donors (Lipinski definition) is 2. The molecule has 0 unspecified atom stereocenters. The van der Waals surface area contributed by atoms with Gasteiger partial charge in [0.15, 0.2) is 0 Å². The molecule has 0 aliphatic rings. The highest BCUT2D eigenvalue weighted by Crippen LogP contribution is 2.25. The van der Waals surface area contributed by atoms with Crippen LogP contribution >= 0.6 is 11.3 Å². The van der Waals surface area contributed by atoms with E-state index in [1.54, 1.807) is 0 Å². The Hall–Kier alpha value is -2.41. The molecule has 1 aromatic heterocycles. The van der Waals surface area contributed by atoms with Crippen molar-refractivity contribution in [3.63, 3.8) is 0 Å². The predicted octanol–water partition coefficient (Wildman–Crippen LogP) is 2.64. The van der Waals surface area contributed by atoms with Crippen molar-refractivity contribution in [2.75, 3.05) is 19.7 Å². The molecule has 0 aliphatic heterocycles. The summed E-state index contributed by atoms with van der Waals surface area (Å²) in [7, 11) is 0. The van der Waals surface area contributed by atoms with Crippen LogP contribution in [0.4, 0.5) is 0 Å². The highest BCUT2D eigenvalue weighted by Gasteiger charge is 2.10. The van der Waals surface area contributed by atoms with Crippen molar-refractivity contribution in [3.05, 3.63) is 35.3 Å². The third-order valence-corrected chi connectivity index (χ3v) is 4.52. The van der Waals surface area contributed by atoms with Crippen LogP contribution in [0.5, 0.6) is 5.75 Å². The van der Waals surface area contributed by atoms with E-state index in [9.17, 15) is 9.59 Å². The monoisotopic (exact) mass is 375 g/mol. The van der Waals surface area contributed by atoms with Gasteiger partial charge in [0.1, 0.15) is 10.8 Å². The predicted molar refractivity (Wildman–Crippen MR) is 103 cm³/mol. The Morgan fingerprint density at radius 2 is 1.85 bits per heavy atom. The quantitative estimate of drug-likeness (QED) is 0.660. The van der Waals surface area contributed by atoms with Gasteiger partial charge in [0.2, 0.25) is 11.8 Å². The maximum absolute atomic E-state index is 12.0. The average molecular weight is 375 g/mol. The first-order valence-corrected chi connectivity index (χ1v) is 9.59. The Balaban J connectivity index is 1.80. The van der Waals surface area contributed by atoms with E-state index in [1.165, 1.54) is 11.3 Å². The number of rotatable bonds is 9. The van der Waals surface area contributed by atoms with E-state index in [0.29, 0.717) is 19.7 Å². The van der Waals surface area contributed by atoms with E-state index in [2.05, 4.69) is 15.6 Å². The minimum absolute atomic E-state index is 0.0150. The molecule has 140 valence electrons. The minimum atomic E-state index is -0.104. The largest absolute Gasteiger partial charge is 0.494 e. The second kappa shape index (κ2) is 9.91. The molecule has 0 radical (unpaired) electrons. The van der Waals surface area contributed by atoms with E-state index in [-0.39, 0.29) is 24.2 Å². The van der Waals surface area contributed by atoms with Crippen LogP contribution in [0.15, 0.2) is 29.6 Å². The summed E-state index contributed by atoms with van der Waals surface area (Å²) in [6, 6.07) is 7.76. The van der Waals surface area contributed by atoms with Gasteiger partial charge in [-0.3, -0.25) is 9.59 Å². The number of carbonyl (C=O) groups excluding carboxylic acids is 2. The van der Waals surface area contributed by atoms with Crippen molar-refractivity contribution in [1.29, 1.82) is 0 Å². The van der Waals surface area contributed by atoms with Crippen molar-refractivity contribution in [3.8, 4) is 16.3 Å². The van der Waals surface area contributed by atoms with Crippen LogP contribution in [0, 0.1) is 5.92 Å². The standard InChI is InChI=1S/C19H25N3O3S/c1-4-25-16-7-5-14(6-8-16)19-22-15(12-26-19)11-17(23)20-9-10-21-18(24)13(2)3/h5-8,12-13H,4,9-11H2,1-3H3,(H,20,23)(H,21,24). The number of nitrogens with one attached hydrogen (secondary N) is 2. The van der Waals surface area contributed by atoms with Crippen molar-refractivity contribution in [2.45, 2.75) is 27.2 Å². The maximum Gasteiger partial charge on any atom is 0.226 e. The van der Waals surface area contributed by atoms with Crippen molar-refractivity contribution in [2.24, 2.45) is 5.92 Å². The fourth-order valence-electron chi connectivity index (χ4n) is 2.20. The summed E-state index contributed by atoms with van der Waals surface area (Å²) >= 11 is 1.51. The van der Waals surface area contributed by atoms with Crippen LogP contribution in [0.3, 0.4) is 0 Å². The molecule has 2 N–H and O–H groups in total. The molecule has 2 rings (SSSR count). The smallest absolute Gasteiger partial charge is 0.226 e. The van der Waals surface area contributed by atoms with Crippen molar-refractivity contribution < 1.29 is 14.3 Å². The summed E-state index contributed by atoms with van der Waals surface area (Å²) in [5.74, 6) is 0.657. The molecule has 0 saturated carbocycles. The first kappa shape index (κ1) is 19.9. The molecule has 0 saturated heterocycles. The molecule has 1 aromatic carbocycles. The molecule has 0 aliphatic carbocycles. The van der Waals surface area contributed by atoms with Crippen LogP contribution < -0.4 is 15.4 Å². The Morgan fingerprint density at radius 3 is 2.50 bits per heavy atom. The highest BCUT2D eigenvalue weighted by atomic mass is 32.1. The first-order chi connectivity index (χ1) is 12.5. The van der Waals surface area contributed by atoms with Crippen LogP contribution in [0.1, 0.15) is 26.5 Å². The van der Waals surface area contributed by atoms with E-state index < -0.39 is 0 Å². The van der Waals surface area contributed by atoms with Crippen LogP contribution in [-0.4, -0.2) is 36.5 Å². The molecule has 0 fully saturated rings. The summed E-state index contributed by atoms with van der Waals surface area (Å²) in [4.78, 5) is 27.9. The lowest BCUT2D eigenvalue weighted by Gasteiger charge is -2.08. The average Bonchev–Trinajstić information content (AvgIpc) is 3.07. The Bertz CT molecular complexity index is 726. The van der Waals surface area contributed by atoms with E-state index in [0.717, 1.165) is 22.0 Å².